The number of amides is 1. The lowest BCUT2D eigenvalue weighted by Gasteiger charge is -2.28. The summed E-state index contributed by atoms with van der Waals surface area (Å²) in [6.45, 7) is 3.05. The predicted octanol–water partition coefficient (Wildman–Crippen LogP) is 3.13. The van der Waals surface area contributed by atoms with Crippen LogP contribution in [0.25, 0.3) is 5.69 Å². The van der Waals surface area contributed by atoms with Crippen molar-refractivity contribution in [2.24, 2.45) is 0 Å². The summed E-state index contributed by atoms with van der Waals surface area (Å²) in [4.78, 5) is 14.6. The van der Waals surface area contributed by atoms with Crippen LogP contribution < -0.4 is 15.0 Å². The number of tetrazole rings is 1. The number of morpholine rings is 1. The van der Waals surface area contributed by atoms with E-state index in [9.17, 15) is 18.0 Å². The number of anilines is 2. The van der Waals surface area contributed by atoms with Gasteiger partial charge in [-0.05, 0) is 59.0 Å². The molecule has 1 N–H and O–H groups in total. The molecule has 174 valence electrons. The van der Waals surface area contributed by atoms with Gasteiger partial charge in [-0.3, -0.25) is 4.79 Å². The predicted molar refractivity (Wildman–Crippen MR) is 115 cm³/mol. The summed E-state index contributed by atoms with van der Waals surface area (Å²) in [5.74, 6) is -0.559. The lowest BCUT2D eigenvalue weighted by Crippen LogP contribution is -2.36. The van der Waals surface area contributed by atoms with E-state index in [1.165, 1.54) is 16.8 Å². The van der Waals surface area contributed by atoms with Crippen LogP contribution in [0, 0.1) is 0 Å². The third kappa shape index (κ3) is 6.35. The molecule has 13 heteroatoms. The number of carbonyl (C=O) groups is 1. The quantitative estimate of drug-likeness (QED) is 0.516. The van der Waals surface area contributed by atoms with E-state index in [1.54, 1.807) is 0 Å². The molecule has 33 heavy (non-hydrogen) atoms. The number of alkyl halides is 3. The Balaban J connectivity index is 1.32. The molecular formula is C20H19F3N6O3S. The van der Waals surface area contributed by atoms with Crippen molar-refractivity contribution in [1.82, 2.24) is 20.2 Å². The van der Waals surface area contributed by atoms with Crippen molar-refractivity contribution in [2.45, 2.75) is 11.5 Å². The molecule has 1 amide bonds. The molecule has 2 aromatic carbocycles. The van der Waals surface area contributed by atoms with Crippen LogP contribution in [-0.4, -0.2) is 64.5 Å². The van der Waals surface area contributed by atoms with Crippen LogP contribution >= 0.6 is 11.8 Å². The van der Waals surface area contributed by atoms with Gasteiger partial charge in [-0.2, -0.15) is 4.68 Å². The highest BCUT2D eigenvalue weighted by atomic mass is 32.2. The molecule has 4 rings (SSSR count). The zero-order valence-electron chi connectivity index (χ0n) is 17.2. The van der Waals surface area contributed by atoms with Gasteiger partial charge in [0, 0.05) is 24.5 Å². The fourth-order valence-corrected chi connectivity index (χ4v) is 3.82. The highest BCUT2D eigenvalue weighted by Crippen LogP contribution is 2.25. The van der Waals surface area contributed by atoms with Crippen molar-refractivity contribution in [2.75, 3.05) is 42.3 Å². The first-order chi connectivity index (χ1) is 15.9. The second-order valence-electron chi connectivity index (χ2n) is 6.90. The lowest BCUT2D eigenvalue weighted by atomic mass is 10.2. The van der Waals surface area contributed by atoms with Gasteiger partial charge >= 0.3 is 6.36 Å². The Morgan fingerprint density at radius 1 is 1.06 bits per heavy atom. The number of benzene rings is 2. The summed E-state index contributed by atoms with van der Waals surface area (Å²) in [5, 5.41) is 14.4. The first-order valence-electron chi connectivity index (χ1n) is 9.87. The van der Waals surface area contributed by atoms with Gasteiger partial charge in [0.1, 0.15) is 5.75 Å². The molecule has 1 aliphatic rings. The first-order valence-corrected chi connectivity index (χ1v) is 10.9. The van der Waals surface area contributed by atoms with Crippen LogP contribution in [0.2, 0.25) is 0 Å². The fraction of sp³-hybridized carbons (Fsp3) is 0.300. The number of nitrogens with zero attached hydrogens (tertiary/aromatic N) is 5. The van der Waals surface area contributed by atoms with Crippen LogP contribution in [-0.2, 0) is 9.53 Å². The number of carbonyl (C=O) groups excluding carboxylic acids is 1. The van der Waals surface area contributed by atoms with Crippen LogP contribution in [0.3, 0.4) is 0 Å². The third-order valence-corrected chi connectivity index (χ3v) is 5.53. The molecule has 0 bridgehead atoms. The van der Waals surface area contributed by atoms with Crippen molar-refractivity contribution in [3.63, 3.8) is 0 Å². The van der Waals surface area contributed by atoms with E-state index < -0.39 is 6.36 Å². The maximum atomic E-state index is 12.4. The SMILES string of the molecule is O=C(CSc1nnnn1-c1ccc(OC(F)(F)F)cc1)Nc1ccc(N2CCOCC2)cc1. The van der Waals surface area contributed by atoms with Crippen molar-refractivity contribution < 1.29 is 27.4 Å². The number of hydrogen-bond acceptors (Lipinski definition) is 8. The van der Waals surface area contributed by atoms with Gasteiger partial charge in [-0.25, -0.2) is 0 Å². The van der Waals surface area contributed by atoms with Gasteiger partial charge in [-0.1, -0.05) is 11.8 Å². The number of ether oxygens (including phenoxy) is 2. The van der Waals surface area contributed by atoms with Crippen LogP contribution in [0.5, 0.6) is 5.75 Å². The molecule has 0 radical (unpaired) electrons. The first kappa shape index (κ1) is 22.9. The highest BCUT2D eigenvalue weighted by molar-refractivity contribution is 7.99. The van der Waals surface area contributed by atoms with Crippen molar-refractivity contribution in [1.29, 1.82) is 0 Å². The number of rotatable bonds is 7. The Bertz CT molecular complexity index is 1070. The van der Waals surface area contributed by atoms with E-state index in [1.807, 2.05) is 24.3 Å². The van der Waals surface area contributed by atoms with Gasteiger partial charge in [0.25, 0.3) is 0 Å². The average Bonchev–Trinajstić information content (AvgIpc) is 3.27. The summed E-state index contributed by atoms with van der Waals surface area (Å²) in [6.07, 6.45) is -4.77. The summed E-state index contributed by atoms with van der Waals surface area (Å²) >= 11 is 1.10. The van der Waals surface area contributed by atoms with Gasteiger partial charge < -0.3 is 19.7 Å². The van der Waals surface area contributed by atoms with E-state index in [0.717, 1.165) is 42.7 Å². The van der Waals surface area contributed by atoms with E-state index >= 15 is 0 Å². The van der Waals surface area contributed by atoms with Crippen molar-refractivity contribution in [3.8, 4) is 11.4 Å². The zero-order valence-corrected chi connectivity index (χ0v) is 18.0. The van der Waals surface area contributed by atoms with Crippen LogP contribution in [0.15, 0.2) is 53.7 Å². The van der Waals surface area contributed by atoms with E-state index in [2.05, 4.69) is 30.5 Å². The standard InChI is InChI=1S/C20H19F3N6O3S/c21-20(22,23)32-17-7-5-16(6-8-17)29-19(25-26-27-29)33-13-18(30)24-14-1-3-15(4-2-14)28-9-11-31-12-10-28/h1-8H,9-13H2,(H,24,30). The molecule has 0 saturated carbocycles. The third-order valence-electron chi connectivity index (χ3n) is 4.62. The molecule has 1 aliphatic heterocycles. The van der Waals surface area contributed by atoms with E-state index in [-0.39, 0.29) is 17.4 Å². The van der Waals surface area contributed by atoms with E-state index in [4.69, 9.17) is 4.74 Å². The molecule has 1 aromatic heterocycles. The molecule has 0 unspecified atom stereocenters. The Morgan fingerprint density at radius 2 is 1.73 bits per heavy atom. The maximum Gasteiger partial charge on any atom is 0.573 e. The summed E-state index contributed by atoms with van der Waals surface area (Å²) in [7, 11) is 0. The topological polar surface area (TPSA) is 94.4 Å². The van der Waals surface area contributed by atoms with Gasteiger partial charge in [-0.15, -0.1) is 18.3 Å². The monoisotopic (exact) mass is 480 g/mol. The summed E-state index contributed by atoms with van der Waals surface area (Å²) < 4.78 is 47.5. The summed E-state index contributed by atoms with van der Waals surface area (Å²) in [6, 6.07) is 12.7. The Labute approximate surface area is 190 Å². The van der Waals surface area contributed by atoms with Crippen molar-refractivity contribution >= 4 is 29.0 Å². The number of aromatic nitrogens is 4. The number of thioether (sulfide) groups is 1. The molecular weight excluding hydrogens is 461 g/mol. The van der Waals surface area contributed by atoms with Crippen LogP contribution in [0.1, 0.15) is 0 Å². The molecule has 0 atom stereocenters. The minimum Gasteiger partial charge on any atom is -0.406 e. The van der Waals surface area contributed by atoms with Gasteiger partial charge in [0.05, 0.1) is 24.7 Å². The Morgan fingerprint density at radius 3 is 2.39 bits per heavy atom. The maximum absolute atomic E-state index is 12.4. The Hall–Kier alpha value is -3.32. The minimum absolute atomic E-state index is 0.0425. The summed E-state index contributed by atoms with van der Waals surface area (Å²) in [5.41, 5.74) is 2.16. The average molecular weight is 480 g/mol. The second-order valence-corrected chi connectivity index (χ2v) is 7.84. The minimum atomic E-state index is -4.77. The van der Waals surface area contributed by atoms with Crippen molar-refractivity contribution in [3.05, 3.63) is 48.5 Å². The molecule has 1 saturated heterocycles. The lowest BCUT2D eigenvalue weighted by molar-refractivity contribution is -0.274. The largest absolute Gasteiger partial charge is 0.573 e. The van der Waals surface area contributed by atoms with Gasteiger partial charge in [0.15, 0.2) is 0 Å². The second kappa shape index (κ2) is 10.1. The molecule has 0 aliphatic carbocycles. The molecule has 9 nitrogen and oxygen atoms in total. The highest BCUT2D eigenvalue weighted by Gasteiger charge is 2.31. The Kier molecular flexibility index (Phi) is 6.99. The smallest absolute Gasteiger partial charge is 0.406 e. The molecule has 3 aromatic rings. The number of nitrogens with one attached hydrogen (secondary N) is 1. The molecule has 1 fully saturated rings. The fourth-order valence-electron chi connectivity index (χ4n) is 3.12. The molecule has 2 heterocycles. The number of halogens is 3. The van der Waals surface area contributed by atoms with E-state index in [0.29, 0.717) is 29.7 Å². The molecule has 0 spiro atoms. The van der Waals surface area contributed by atoms with Gasteiger partial charge in [0.2, 0.25) is 11.1 Å². The normalized spacial score (nSPS) is 14.2. The number of hydrogen-bond donors (Lipinski definition) is 1. The van der Waals surface area contributed by atoms with Crippen LogP contribution in [0.4, 0.5) is 24.5 Å². The zero-order chi connectivity index (χ0) is 23.3.